The molecule has 1 amide bonds. The number of rotatable bonds is 7. The van der Waals surface area contributed by atoms with Gasteiger partial charge < -0.3 is 11.1 Å². The van der Waals surface area contributed by atoms with Gasteiger partial charge in [0.05, 0.1) is 4.90 Å². The number of sulfonamides is 1. The first-order valence-electron chi connectivity index (χ1n) is 8.50. The average Bonchev–Trinajstić information content (AvgIpc) is 2.53. The van der Waals surface area contributed by atoms with Gasteiger partial charge >= 0.3 is 0 Å². The number of amides is 1. The Hall–Kier alpha value is -1.15. The zero-order valence-electron chi connectivity index (χ0n) is 14.5. The van der Waals surface area contributed by atoms with Crippen molar-refractivity contribution in [1.82, 2.24) is 4.72 Å². The molecule has 0 heterocycles. The molecule has 25 heavy (non-hydrogen) atoms. The van der Waals surface area contributed by atoms with Crippen molar-refractivity contribution in [3.05, 3.63) is 24.3 Å². The van der Waals surface area contributed by atoms with Gasteiger partial charge in [-0.15, -0.1) is 12.4 Å². The molecule has 0 radical (unpaired) electrons. The van der Waals surface area contributed by atoms with E-state index < -0.39 is 10.0 Å². The maximum atomic E-state index is 12.2. The number of anilines is 1. The maximum absolute atomic E-state index is 12.2. The Labute approximate surface area is 156 Å². The summed E-state index contributed by atoms with van der Waals surface area (Å²) in [6, 6.07) is 6.29. The third kappa shape index (κ3) is 6.93. The van der Waals surface area contributed by atoms with Gasteiger partial charge in [0.25, 0.3) is 0 Å². The standard InChI is InChI=1S/C17H27N3O3S.ClH/c1-13-4-2-5-14(10-13)11-17(21)20-15-6-3-7-16(12-15)24(22,23)19-9-8-18;/h3,6-7,12-14,19H,2,4-5,8-11,18H2,1H3,(H,20,21);1H. The molecule has 2 atom stereocenters. The molecule has 0 aliphatic heterocycles. The molecule has 1 fully saturated rings. The molecule has 2 rings (SSSR count). The van der Waals surface area contributed by atoms with Crippen LogP contribution in [0.4, 0.5) is 5.69 Å². The highest BCUT2D eigenvalue weighted by Gasteiger charge is 2.21. The number of hydrogen-bond acceptors (Lipinski definition) is 4. The van der Waals surface area contributed by atoms with E-state index in [2.05, 4.69) is 17.0 Å². The molecule has 2 unspecified atom stereocenters. The van der Waals surface area contributed by atoms with E-state index in [-0.39, 0.29) is 36.3 Å². The van der Waals surface area contributed by atoms with E-state index in [1.807, 2.05) is 0 Å². The van der Waals surface area contributed by atoms with E-state index in [4.69, 9.17) is 5.73 Å². The topological polar surface area (TPSA) is 101 Å². The zero-order valence-corrected chi connectivity index (χ0v) is 16.2. The summed E-state index contributed by atoms with van der Waals surface area (Å²) in [5.41, 5.74) is 5.82. The Morgan fingerprint density at radius 3 is 2.76 bits per heavy atom. The first-order valence-corrected chi connectivity index (χ1v) is 9.98. The average molecular weight is 390 g/mol. The smallest absolute Gasteiger partial charge is 0.240 e. The van der Waals surface area contributed by atoms with Gasteiger partial charge in [0.2, 0.25) is 15.9 Å². The van der Waals surface area contributed by atoms with Gasteiger partial charge in [-0.05, 0) is 42.9 Å². The fourth-order valence-electron chi connectivity index (χ4n) is 3.24. The quantitative estimate of drug-likeness (QED) is 0.666. The molecular weight excluding hydrogens is 362 g/mol. The highest BCUT2D eigenvalue weighted by molar-refractivity contribution is 7.89. The molecule has 1 aromatic carbocycles. The van der Waals surface area contributed by atoms with Crippen LogP contribution in [0, 0.1) is 11.8 Å². The summed E-state index contributed by atoms with van der Waals surface area (Å²) in [5, 5.41) is 2.82. The Morgan fingerprint density at radius 1 is 1.32 bits per heavy atom. The van der Waals surface area contributed by atoms with E-state index in [0.717, 1.165) is 12.8 Å². The Morgan fingerprint density at radius 2 is 2.08 bits per heavy atom. The second kappa shape index (κ2) is 10.1. The van der Waals surface area contributed by atoms with Gasteiger partial charge in [-0.2, -0.15) is 0 Å². The molecule has 0 bridgehead atoms. The number of nitrogens with two attached hydrogens (primary N) is 1. The summed E-state index contributed by atoms with van der Waals surface area (Å²) in [6.45, 7) is 2.64. The maximum Gasteiger partial charge on any atom is 0.240 e. The lowest BCUT2D eigenvalue weighted by molar-refractivity contribution is -0.117. The highest BCUT2D eigenvalue weighted by atomic mass is 35.5. The van der Waals surface area contributed by atoms with Gasteiger partial charge in [-0.1, -0.05) is 25.8 Å². The van der Waals surface area contributed by atoms with Gasteiger partial charge in [0, 0.05) is 25.2 Å². The van der Waals surface area contributed by atoms with Crippen molar-refractivity contribution in [1.29, 1.82) is 0 Å². The number of carbonyl (C=O) groups is 1. The summed E-state index contributed by atoms with van der Waals surface area (Å²) >= 11 is 0. The van der Waals surface area contributed by atoms with Gasteiger partial charge in [-0.3, -0.25) is 4.79 Å². The zero-order chi connectivity index (χ0) is 17.6. The largest absolute Gasteiger partial charge is 0.329 e. The molecule has 0 spiro atoms. The summed E-state index contributed by atoms with van der Waals surface area (Å²) in [4.78, 5) is 12.4. The molecule has 0 saturated heterocycles. The van der Waals surface area contributed by atoms with E-state index in [9.17, 15) is 13.2 Å². The van der Waals surface area contributed by atoms with Crippen LogP contribution in [0.1, 0.15) is 39.0 Å². The van der Waals surface area contributed by atoms with Crippen molar-refractivity contribution in [2.75, 3.05) is 18.4 Å². The molecule has 6 nitrogen and oxygen atoms in total. The van der Waals surface area contributed by atoms with E-state index in [1.165, 1.54) is 25.0 Å². The minimum absolute atomic E-state index is 0. The van der Waals surface area contributed by atoms with Crippen LogP contribution in [0.2, 0.25) is 0 Å². The number of carbonyl (C=O) groups excluding carboxylic acids is 1. The molecule has 8 heteroatoms. The van der Waals surface area contributed by atoms with Crippen molar-refractivity contribution in [2.45, 2.75) is 43.9 Å². The monoisotopic (exact) mass is 389 g/mol. The first kappa shape index (κ1) is 21.9. The minimum Gasteiger partial charge on any atom is -0.329 e. The second-order valence-corrected chi connectivity index (χ2v) is 8.37. The second-order valence-electron chi connectivity index (χ2n) is 6.60. The van der Waals surface area contributed by atoms with Crippen LogP contribution in [-0.4, -0.2) is 27.4 Å². The fourth-order valence-corrected chi connectivity index (χ4v) is 4.33. The normalized spacial score (nSPS) is 20.6. The fraction of sp³-hybridized carbons (Fsp3) is 0.588. The van der Waals surface area contributed by atoms with Crippen LogP contribution in [0.15, 0.2) is 29.2 Å². The summed E-state index contributed by atoms with van der Waals surface area (Å²) in [5.74, 6) is 1.05. The highest BCUT2D eigenvalue weighted by Crippen LogP contribution is 2.30. The van der Waals surface area contributed by atoms with Crippen LogP contribution in [-0.2, 0) is 14.8 Å². The molecule has 1 aromatic rings. The van der Waals surface area contributed by atoms with E-state index in [0.29, 0.717) is 23.9 Å². The van der Waals surface area contributed by atoms with E-state index in [1.54, 1.807) is 12.1 Å². The van der Waals surface area contributed by atoms with Crippen LogP contribution in [0.3, 0.4) is 0 Å². The SMILES string of the molecule is CC1CCCC(CC(=O)Nc2cccc(S(=O)(=O)NCCN)c2)C1.Cl. The van der Waals surface area contributed by atoms with Gasteiger partial charge in [0.1, 0.15) is 0 Å². The van der Waals surface area contributed by atoms with Crippen molar-refractivity contribution >= 4 is 34.0 Å². The van der Waals surface area contributed by atoms with E-state index >= 15 is 0 Å². The number of hydrogen-bond donors (Lipinski definition) is 3. The van der Waals surface area contributed by atoms with Gasteiger partial charge in [0.15, 0.2) is 0 Å². The summed E-state index contributed by atoms with van der Waals surface area (Å²) < 4.78 is 26.6. The predicted octanol–water partition coefficient (Wildman–Crippen LogP) is 2.50. The molecule has 1 aliphatic carbocycles. The number of nitrogens with one attached hydrogen (secondary N) is 2. The molecule has 1 saturated carbocycles. The summed E-state index contributed by atoms with van der Waals surface area (Å²) in [6.07, 6.45) is 5.10. The van der Waals surface area contributed by atoms with Crippen molar-refractivity contribution in [3.8, 4) is 0 Å². The Balaban J connectivity index is 0.00000312. The number of halogens is 1. The molecule has 1 aliphatic rings. The van der Waals surface area contributed by atoms with Gasteiger partial charge in [-0.25, -0.2) is 13.1 Å². The Bertz CT molecular complexity index is 667. The summed E-state index contributed by atoms with van der Waals surface area (Å²) in [7, 11) is -3.60. The molecule has 0 aromatic heterocycles. The third-order valence-corrected chi connectivity index (χ3v) is 5.84. The first-order chi connectivity index (χ1) is 11.4. The number of benzene rings is 1. The Kier molecular flexibility index (Phi) is 8.85. The molecule has 142 valence electrons. The van der Waals surface area contributed by atoms with Crippen molar-refractivity contribution in [2.24, 2.45) is 17.6 Å². The lowest BCUT2D eigenvalue weighted by Gasteiger charge is -2.26. The molecule has 4 N–H and O–H groups in total. The van der Waals surface area contributed by atoms with Crippen LogP contribution in [0.5, 0.6) is 0 Å². The van der Waals surface area contributed by atoms with Crippen molar-refractivity contribution < 1.29 is 13.2 Å². The molecular formula is C17H28ClN3O3S. The lowest BCUT2D eigenvalue weighted by atomic mass is 9.81. The lowest BCUT2D eigenvalue weighted by Crippen LogP contribution is -2.29. The third-order valence-electron chi connectivity index (χ3n) is 4.38. The van der Waals surface area contributed by atoms with Crippen LogP contribution in [0.25, 0.3) is 0 Å². The van der Waals surface area contributed by atoms with Crippen molar-refractivity contribution in [3.63, 3.8) is 0 Å². The predicted molar refractivity (Wildman–Crippen MR) is 102 cm³/mol. The minimum atomic E-state index is -3.60. The van der Waals surface area contributed by atoms with Crippen LogP contribution >= 0.6 is 12.4 Å². The van der Waals surface area contributed by atoms with Crippen LogP contribution < -0.4 is 15.8 Å².